The number of nitrogens with zero attached hydrogens (tertiary/aromatic N) is 2. The van der Waals surface area contributed by atoms with Gasteiger partial charge in [-0.3, -0.25) is 0 Å². The number of fused-ring (bicyclic) bond motifs is 1. The van der Waals surface area contributed by atoms with E-state index in [0.717, 1.165) is 41.3 Å². The molecule has 3 rings (SSSR count). The third-order valence-electron chi connectivity index (χ3n) is 3.66. The van der Waals surface area contributed by atoms with Crippen LogP contribution in [0.25, 0.3) is 11.0 Å². The van der Waals surface area contributed by atoms with Crippen LogP contribution in [0.2, 0.25) is 0 Å². The molecule has 0 atom stereocenters. The highest BCUT2D eigenvalue weighted by atomic mass is 32.2. The van der Waals surface area contributed by atoms with Crippen molar-refractivity contribution in [3.63, 3.8) is 0 Å². The maximum atomic E-state index is 9.48. The molecule has 0 spiro atoms. The zero-order valence-electron chi connectivity index (χ0n) is 12.5. The van der Waals surface area contributed by atoms with E-state index in [1.807, 2.05) is 30.0 Å². The summed E-state index contributed by atoms with van der Waals surface area (Å²) in [4.78, 5) is 4.48. The Labute approximate surface area is 135 Å². The van der Waals surface area contributed by atoms with Gasteiger partial charge in [-0.1, -0.05) is 42.5 Å². The number of hydrogen-bond donors (Lipinski definition) is 1. The zero-order chi connectivity index (χ0) is 15.2. The Bertz CT molecular complexity index is 724. The molecule has 0 bridgehead atoms. The summed E-state index contributed by atoms with van der Waals surface area (Å²) in [6.45, 7) is 0.893. The number of aliphatic hydroxyl groups excluding tert-OH is 1. The number of aryl methyl sites for hydroxylation is 1. The van der Waals surface area contributed by atoms with E-state index in [4.69, 9.17) is 0 Å². The number of hydrogen-bond acceptors (Lipinski definition) is 3. The molecule has 0 radical (unpaired) electrons. The van der Waals surface area contributed by atoms with Crippen molar-refractivity contribution in [3.05, 3.63) is 66.0 Å². The smallest absolute Gasteiger partial charge is 0.135 e. The lowest BCUT2D eigenvalue weighted by atomic mass is 10.2. The van der Waals surface area contributed by atoms with E-state index in [9.17, 15) is 5.11 Å². The van der Waals surface area contributed by atoms with Gasteiger partial charge in [0.15, 0.2) is 0 Å². The summed E-state index contributed by atoms with van der Waals surface area (Å²) in [6.07, 6.45) is 1.07. The molecule has 1 N–H and O–H groups in total. The van der Waals surface area contributed by atoms with Crippen molar-refractivity contribution in [1.82, 2.24) is 9.55 Å². The summed E-state index contributed by atoms with van der Waals surface area (Å²) in [5, 5.41) is 9.48. The normalized spacial score (nSPS) is 11.1. The standard InChI is InChI=1S/C18H20N2OS/c21-13-18-19-16-9-4-5-10-17(16)20(18)11-6-12-22-14-15-7-2-1-3-8-15/h1-5,7-10,21H,6,11-14H2. The topological polar surface area (TPSA) is 38.1 Å². The molecule has 3 aromatic rings. The van der Waals surface area contributed by atoms with Gasteiger partial charge in [-0.05, 0) is 29.9 Å². The summed E-state index contributed by atoms with van der Waals surface area (Å²) in [5.74, 6) is 2.92. The Morgan fingerprint density at radius 2 is 1.77 bits per heavy atom. The van der Waals surface area contributed by atoms with Crippen molar-refractivity contribution in [1.29, 1.82) is 0 Å². The fraction of sp³-hybridized carbons (Fsp3) is 0.278. The van der Waals surface area contributed by atoms with Gasteiger partial charge in [-0.25, -0.2) is 4.98 Å². The summed E-state index contributed by atoms with van der Waals surface area (Å²) in [6, 6.07) is 18.6. The first-order valence-electron chi connectivity index (χ1n) is 7.55. The number of para-hydroxylation sites is 2. The van der Waals surface area contributed by atoms with Crippen molar-refractivity contribution in [2.24, 2.45) is 0 Å². The van der Waals surface area contributed by atoms with Crippen LogP contribution in [0.5, 0.6) is 0 Å². The van der Waals surface area contributed by atoms with Gasteiger partial charge in [0, 0.05) is 12.3 Å². The number of benzene rings is 2. The summed E-state index contributed by atoms with van der Waals surface area (Å²) >= 11 is 1.95. The monoisotopic (exact) mass is 312 g/mol. The first-order chi connectivity index (χ1) is 10.9. The Kier molecular flexibility index (Phi) is 5.14. The second kappa shape index (κ2) is 7.47. The largest absolute Gasteiger partial charge is 0.388 e. The highest BCUT2D eigenvalue weighted by molar-refractivity contribution is 7.98. The number of aromatic nitrogens is 2. The van der Waals surface area contributed by atoms with E-state index >= 15 is 0 Å². The predicted octanol–water partition coefficient (Wildman–Crippen LogP) is 3.85. The van der Waals surface area contributed by atoms with E-state index in [-0.39, 0.29) is 6.61 Å². The Morgan fingerprint density at radius 3 is 2.59 bits per heavy atom. The van der Waals surface area contributed by atoms with Gasteiger partial charge in [-0.15, -0.1) is 0 Å². The second-order valence-electron chi connectivity index (χ2n) is 5.22. The number of thioether (sulfide) groups is 1. The Morgan fingerprint density at radius 1 is 1.00 bits per heavy atom. The molecule has 0 aliphatic rings. The van der Waals surface area contributed by atoms with Crippen LogP contribution in [-0.4, -0.2) is 20.4 Å². The molecule has 1 aromatic heterocycles. The molecule has 22 heavy (non-hydrogen) atoms. The van der Waals surface area contributed by atoms with Crippen molar-refractivity contribution in [3.8, 4) is 0 Å². The minimum atomic E-state index is -0.00810. The molecule has 0 aliphatic carbocycles. The van der Waals surface area contributed by atoms with Crippen molar-refractivity contribution in [2.45, 2.75) is 25.3 Å². The van der Waals surface area contributed by atoms with Crippen LogP contribution in [0.1, 0.15) is 17.8 Å². The quantitative estimate of drug-likeness (QED) is 0.673. The lowest BCUT2D eigenvalue weighted by Crippen LogP contribution is -2.04. The van der Waals surface area contributed by atoms with E-state index < -0.39 is 0 Å². The molecule has 1 heterocycles. The van der Waals surface area contributed by atoms with Gasteiger partial charge >= 0.3 is 0 Å². The molecule has 3 nitrogen and oxygen atoms in total. The van der Waals surface area contributed by atoms with E-state index in [1.165, 1.54) is 5.56 Å². The molecular weight excluding hydrogens is 292 g/mol. The fourth-order valence-electron chi connectivity index (χ4n) is 2.58. The van der Waals surface area contributed by atoms with Crippen LogP contribution >= 0.6 is 11.8 Å². The van der Waals surface area contributed by atoms with Crippen molar-refractivity contribution in [2.75, 3.05) is 5.75 Å². The average Bonchev–Trinajstić information content (AvgIpc) is 2.93. The Balaban J connectivity index is 1.55. The third kappa shape index (κ3) is 3.51. The predicted molar refractivity (Wildman–Crippen MR) is 92.9 cm³/mol. The fourth-order valence-corrected chi connectivity index (χ4v) is 3.49. The van der Waals surface area contributed by atoms with Crippen LogP contribution in [0.15, 0.2) is 54.6 Å². The van der Waals surface area contributed by atoms with E-state index in [2.05, 4.69) is 45.9 Å². The highest BCUT2D eigenvalue weighted by Gasteiger charge is 2.08. The molecule has 0 fully saturated rings. The molecular formula is C18H20N2OS. The molecule has 4 heteroatoms. The van der Waals surface area contributed by atoms with Crippen LogP contribution in [0.4, 0.5) is 0 Å². The number of imidazole rings is 1. The van der Waals surface area contributed by atoms with Gasteiger partial charge < -0.3 is 9.67 Å². The molecule has 0 aliphatic heterocycles. The highest BCUT2D eigenvalue weighted by Crippen LogP contribution is 2.18. The molecule has 0 amide bonds. The lowest BCUT2D eigenvalue weighted by Gasteiger charge is -2.08. The average molecular weight is 312 g/mol. The summed E-state index contributed by atoms with van der Waals surface area (Å²) in [7, 11) is 0. The van der Waals surface area contributed by atoms with Crippen LogP contribution in [-0.2, 0) is 18.9 Å². The van der Waals surface area contributed by atoms with Gasteiger partial charge in [0.25, 0.3) is 0 Å². The van der Waals surface area contributed by atoms with E-state index in [0.29, 0.717) is 0 Å². The molecule has 0 saturated carbocycles. The minimum Gasteiger partial charge on any atom is -0.388 e. The van der Waals surface area contributed by atoms with E-state index in [1.54, 1.807) is 0 Å². The first kappa shape index (κ1) is 15.1. The minimum absolute atomic E-state index is 0.00810. The number of aliphatic hydroxyl groups is 1. The Hall–Kier alpha value is -1.78. The van der Waals surface area contributed by atoms with Gasteiger partial charge in [-0.2, -0.15) is 11.8 Å². The molecule has 2 aromatic carbocycles. The van der Waals surface area contributed by atoms with Crippen molar-refractivity contribution >= 4 is 22.8 Å². The van der Waals surface area contributed by atoms with Crippen LogP contribution in [0.3, 0.4) is 0 Å². The van der Waals surface area contributed by atoms with Crippen LogP contribution in [0, 0.1) is 0 Å². The molecule has 0 unspecified atom stereocenters. The van der Waals surface area contributed by atoms with Gasteiger partial charge in [0.1, 0.15) is 12.4 Å². The maximum Gasteiger partial charge on any atom is 0.135 e. The number of rotatable bonds is 7. The molecule has 114 valence electrons. The summed E-state index contributed by atoms with van der Waals surface area (Å²) < 4.78 is 2.14. The second-order valence-corrected chi connectivity index (χ2v) is 6.32. The SMILES string of the molecule is OCc1nc2ccccc2n1CCCSCc1ccccc1. The van der Waals surface area contributed by atoms with Gasteiger partial charge in [0.05, 0.1) is 11.0 Å². The third-order valence-corrected chi connectivity index (χ3v) is 4.77. The van der Waals surface area contributed by atoms with Crippen LogP contribution < -0.4 is 0 Å². The molecule has 0 saturated heterocycles. The zero-order valence-corrected chi connectivity index (χ0v) is 13.3. The lowest BCUT2D eigenvalue weighted by molar-refractivity contribution is 0.266. The maximum absolute atomic E-state index is 9.48. The summed E-state index contributed by atoms with van der Waals surface area (Å²) in [5.41, 5.74) is 3.44. The van der Waals surface area contributed by atoms with Crippen molar-refractivity contribution < 1.29 is 5.11 Å². The first-order valence-corrected chi connectivity index (χ1v) is 8.70. The van der Waals surface area contributed by atoms with Gasteiger partial charge in [0.2, 0.25) is 0 Å².